The molecular formula is C25H34ClN3O2. The van der Waals surface area contributed by atoms with Crippen LogP contribution in [0.2, 0.25) is 5.02 Å². The summed E-state index contributed by atoms with van der Waals surface area (Å²) in [6.45, 7) is 11.4. The highest BCUT2D eigenvalue weighted by molar-refractivity contribution is 6.30. The average Bonchev–Trinajstić information content (AvgIpc) is 2.79. The van der Waals surface area contributed by atoms with Crippen molar-refractivity contribution >= 4 is 17.5 Å². The number of amides is 1. The lowest BCUT2D eigenvalue weighted by Gasteiger charge is -2.39. The van der Waals surface area contributed by atoms with Crippen LogP contribution in [0.15, 0.2) is 36.4 Å². The topological polar surface area (TPSA) is 44.8 Å². The minimum Gasteiger partial charge on any atom is -0.493 e. The third kappa shape index (κ3) is 5.79. The SMILES string of the molecule is CNCCCOc1ccc(C(C)N2CCN(C(=O)c3ccc(Cl)cc3)CC2)c(C)c1C. The molecule has 0 aliphatic carbocycles. The smallest absolute Gasteiger partial charge is 0.253 e. The maximum atomic E-state index is 12.8. The largest absolute Gasteiger partial charge is 0.493 e. The predicted molar refractivity (Wildman–Crippen MR) is 127 cm³/mol. The van der Waals surface area contributed by atoms with Crippen LogP contribution >= 0.6 is 11.6 Å². The van der Waals surface area contributed by atoms with Crippen LogP contribution in [-0.4, -0.2) is 62.1 Å². The molecular weight excluding hydrogens is 410 g/mol. The molecule has 1 N–H and O–H groups in total. The second-order valence-corrected chi connectivity index (χ2v) is 8.66. The van der Waals surface area contributed by atoms with E-state index in [2.05, 4.69) is 43.1 Å². The summed E-state index contributed by atoms with van der Waals surface area (Å²) in [6, 6.07) is 11.7. The van der Waals surface area contributed by atoms with Gasteiger partial charge in [-0.2, -0.15) is 0 Å². The first-order valence-corrected chi connectivity index (χ1v) is 11.5. The van der Waals surface area contributed by atoms with Crippen LogP contribution in [0.25, 0.3) is 0 Å². The number of benzene rings is 2. The van der Waals surface area contributed by atoms with Crippen molar-refractivity contribution in [1.29, 1.82) is 0 Å². The Morgan fingerprint density at radius 1 is 1.06 bits per heavy atom. The van der Waals surface area contributed by atoms with Gasteiger partial charge in [-0.25, -0.2) is 0 Å². The van der Waals surface area contributed by atoms with Crippen molar-refractivity contribution in [3.8, 4) is 5.75 Å². The Hall–Kier alpha value is -2.08. The van der Waals surface area contributed by atoms with Gasteiger partial charge < -0.3 is 15.0 Å². The maximum absolute atomic E-state index is 12.8. The van der Waals surface area contributed by atoms with Crippen LogP contribution in [0.1, 0.15) is 46.4 Å². The third-order valence-corrected chi connectivity index (χ3v) is 6.55. The van der Waals surface area contributed by atoms with Crippen LogP contribution in [-0.2, 0) is 0 Å². The van der Waals surface area contributed by atoms with Gasteiger partial charge in [0.05, 0.1) is 6.61 Å². The first kappa shape index (κ1) is 23.6. The molecule has 1 aliphatic rings. The molecule has 0 aromatic heterocycles. The number of nitrogens with zero attached hydrogens (tertiary/aromatic N) is 2. The highest BCUT2D eigenvalue weighted by atomic mass is 35.5. The Bertz CT molecular complexity index is 877. The van der Waals surface area contributed by atoms with Crippen molar-refractivity contribution in [2.24, 2.45) is 0 Å². The van der Waals surface area contributed by atoms with Gasteiger partial charge in [0, 0.05) is 42.8 Å². The van der Waals surface area contributed by atoms with Crippen LogP contribution in [0, 0.1) is 13.8 Å². The number of piperazine rings is 1. The van der Waals surface area contributed by atoms with E-state index in [1.807, 2.05) is 11.9 Å². The molecule has 5 nitrogen and oxygen atoms in total. The Morgan fingerprint density at radius 3 is 2.39 bits per heavy atom. The van der Waals surface area contributed by atoms with Gasteiger partial charge in [-0.3, -0.25) is 9.69 Å². The van der Waals surface area contributed by atoms with Gasteiger partial charge in [0.25, 0.3) is 5.91 Å². The quantitative estimate of drug-likeness (QED) is 0.611. The van der Waals surface area contributed by atoms with E-state index in [-0.39, 0.29) is 5.91 Å². The van der Waals surface area contributed by atoms with Crippen molar-refractivity contribution < 1.29 is 9.53 Å². The molecule has 31 heavy (non-hydrogen) atoms. The number of hydrogen-bond donors (Lipinski definition) is 1. The van der Waals surface area contributed by atoms with Crippen molar-refractivity contribution in [3.63, 3.8) is 0 Å². The van der Waals surface area contributed by atoms with Crippen molar-refractivity contribution in [3.05, 3.63) is 63.7 Å². The molecule has 3 rings (SSSR count). The van der Waals surface area contributed by atoms with E-state index in [0.717, 1.165) is 51.5 Å². The van der Waals surface area contributed by atoms with E-state index in [1.54, 1.807) is 24.3 Å². The van der Waals surface area contributed by atoms with Gasteiger partial charge >= 0.3 is 0 Å². The first-order chi connectivity index (χ1) is 14.9. The summed E-state index contributed by atoms with van der Waals surface area (Å²) >= 11 is 5.94. The predicted octanol–water partition coefficient (Wildman–Crippen LogP) is 4.46. The molecule has 1 fully saturated rings. The van der Waals surface area contributed by atoms with E-state index in [1.165, 1.54) is 16.7 Å². The molecule has 1 amide bonds. The zero-order chi connectivity index (χ0) is 22.4. The fourth-order valence-corrected chi connectivity index (χ4v) is 4.27. The van der Waals surface area contributed by atoms with E-state index >= 15 is 0 Å². The number of carbonyl (C=O) groups excluding carboxylic acids is 1. The van der Waals surface area contributed by atoms with Crippen LogP contribution in [0.3, 0.4) is 0 Å². The normalized spacial score (nSPS) is 15.7. The van der Waals surface area contributed by atoms with Crippen molar-refractivity contribution in [1.82, 2.24) is 15.1 Å². The van der Waals surface area contributed by atoms with Gasteiger partial charge in [-0.15, -0.1) is 0 Å². The second-order valence-electron chi connectivity index (χ2n) is 8.22. The molecule has 1 atom stereocenters. The Morgan fingerprint density at radius 2 is 1.74 bits per heavy atom. The van der Waals surface area contributed by atoms with Gasteiger partial charge in [-0.1, -0.05) is 17.7 Å². The fourth-order valence-electron chi connectivity index (χ4n) is 4.14. The van der Waals surface area contributed by atoms with Crippen molar-refractivity contribution in [2.75, 3.05) is 46.4 Å². The number of halogens is 1. The lowest BCUT2D eigenvalue weighted by Crippen LogP contribution is -2.49. The maximum Gasteiger partial charge on any atom is 0.253 e. The molecule has 6 heteroatoms. The summed E-state index contributed by atoms with van der Waals surface area (Å²) in [5, 5.41) is 3.79. The number of hydrogen-bond acceptors (Lipinski definition) is 4. The summed E-state index contributed by atoms with van der Waals surface area (Å²) in [5.74, 6) is 1.05. The first-order valence-electron chi connectivity index (χ1n) is 11.1. The zero-order valence-corrected chi connectivity index (χ0v) is 19.8. The lowest BCUT2D eigenvalue weighted by atomic mass is 9.96. The molecule has 2 aromatic carbocycles. The monoisotopic (exact) mass is 443 g/mol. The number of carbonyl (C=O) groups is 1. The van der Waals surface area contributed by atoms with E-state index in [4.69, 9.17) is 16.3 Å². The number of rotatable bonds is 8. The molecule has 0 spiro atoms. The number of nitrogens with one attached hydrogen (secondary N) is 1. The van der Waals surface area contributed by atoms with Crippen molar-refractivity contribution in [2.45, 2.75) is 33.2 Å². The highest BCUT2D eigenvalue weighted by Crippen LogP contribution is 2.31. The van der Waals surface area contributed by atoms with Crippen LogP contribution in [0.5, 0.6) is 5.75 Å². The van der Waals surface area contributed by atoms with Gasteiger partial charge in [0.15, 0.2) is 0 Å². The van der Waals surface area contributed by atoms with Crippen LogP contribution < -0.4 is 10.1 Å². The second kappa shape index (κ2) is 11.0. The Kier molecular flexibility index (Phi) is 8.35. The molecule has 1 aliphatic heterocycles. The Balaban J connectivity index is 1.60. The average molecular weight is 444 g/mol. The molecule has 0 saturated carbocycles. The molecule has 0 radical (unpaired) electrons. The lowest BCUT2D eigenvalue weighted by molar-refractivity contribution is 0.0581. The van der Waals surface area contributed by atoms with E-state index in [9.17, 15) is 4.79 Å². The highest BCUT2D eigenvalue weighted by Gasteiger charge is 2.26. The molecule has 168 valence electrons. The summed E-state index contributed by atoms with van der Waals surface area (Å²) in [7, 11) is 1.96. The molecule has 1 unspecified atom stereocenters. The van der Waals surface area contributed by atoms with Gasteiger partial charge in [0.2, 0.25) is 0 Å². The van der Waals surface area contributed by atoms with Crippen LogP contribution in [0.4, 0.5) is 0 Å². The summed E-state index contributed by atoms with van der Waals surface area (Å²) in [6.07, 6.45) is 0.992. The Labute approximate surface area is 191 Å². The van der Waals surface area contributed by atoms with Gasteiger partial charge in [-0.05, 0) is 87.8 Å². The minimum absolute atomic E-state index is 0.0794. The van der Waals surface area contributed by atoms with E-state index in [0.29, 0.717) is 16.6 Å². The molecule has 1 heterocycles. The summed E-state index contributed by atoms with van der Waals surface area (Å²) < 4.78 is 5.98. The molecule has 1 saturated heterocycles. The van der Waals surface area contributed by atoms with Gasteiger partial charge in [0.1, 0.15) is 5.75 Å². The minimum atomic E-state index is 0.0794. The standard InChI is InChI=1S/C25H34ClN3O2/c1-18-19(2)24(31-17-5-12-27-4)11-10-23(18)20(3)28-13-15-29(16-14-28)25(30)21-6-8-22(26)9-7-21/h6-11,20,27H,5,12-17H2,1-4H3. The zero-order valence-electron chi connectivity index (χ0n) is 19.1. The third-order valence-electron chi connectivity index (χ3n) is 6.30. The molecule has 0 bridgehead atoms. The molecule has 2 aromatic rings. The van der Waals surface area contributed by atoms with E-state index < -0.39 is 0 Å². The fraction of sp³-hybridized carbons (Fsp3) is 0.480. The summed E-state index contributed by atoms with van der Waals surface area (Å²) in [4.78, 5) is 17.2. The summed E-state index contributed by atoms with van der Waals surface area (Å²) in [5.41, 5.74) is 4.53. The number of ether oxygens (including phenoxy) is 1.